The molecule has 0 saturated heterocycles. The molecular weight excluding hydrogens is 170 g/mol. The van der Waals surface area contributed by atoms with Crippen molar-refractivity contribution in [1.82, 2.24) is 0 Å². The normalized spacial score (nSPS) is 7.08. The predicted molar refractivity (Wildman–Crippen MR) is 55.9 cm³/mol. The molecule has 1 rings (SSSR count). The highest BCUT2D eigenvalue weighted by atomic mass is 32.1. The van der Waals surface area contributed by atoms with E-state index in [4.69, 9.17) is 0 Å². The second kappa shape index (κ2) is 10.3. The van der Waals surface area contributed by atoms with Crippen LogP contribution in [0.5, 0.6) is 0 Å². The zero-order chi connectivity index (χ0) is 9.98. The molecule has 0 saturated carbocycles. The third-order valence-corrected chi connectivity index (χ3v) is 1.80. The molecule has 1 aromatic heterocycles. The maximum Gasteiger partial charge on any atom is 0.160 e. The Balaban J connectivity index is 0. The molecule has 0 atom stereocenters. The van der Waals surface area contributed by atoms with Gasteiger partial charge in [-0.1, -0.05) is 13.8 Å². The Hall–Kier alpha value is -0.670. The minimum Gasteiger partial charge on any atom is -0.333 e. The Morgan fingerprint density at radius 2 is 1.83 bits per heavy atom. The number of hydrogen-bond donors (Lipinski definition) is 1. The molecule has 1 heterocycles. The van der Waals surface area contributed by atoms with Crippen molar-refractivity contribution in [2.24, 2.45) is 5.73 Å². The topological polar surface area (TPSA) is 43.1 Å². The molecule has 0 radical (unpaired) electrons. The highest BCUT2D eigenvalue weighted by Gasteiger charge is 1.90. The van der Waals surface area contributed by atoms with Crippen LogP contribution in [0.2, 0.25) is 0 Å². The molecule has 0 fully saturated rings. The molecule has 70 valence electrons. The lowest BCUT2D eigenvalue weighted by atomic mass is 10.5. The molecule has 0 spiro atoms. The molecule has 0 amide bonds. The van der Waals surface area contributed by atoms with E-state index in [2.05, 4.69) is 5.73 Å². The van der Waals surface area contributed by atoms with Gasteiger partial charge in [-0.2, -0.15) is 0 Å². The van der Waals surface area contributed by atoms with Crippen molar-refractivity contribution in [2.45, 2.75) is 20.8 Å². The minimum atomic E-state index is 0.808. The largest absolute Gasteiger partial charge is 0.333 e. The van der Waals surface area contributed by atoms with E-state index < -0.39 is 0 Å². The summed E-state index contributed by atoms with van der Waals surface area (Å²) in [5, 5.41) is 0. The summed E-state index contributed by atoms with van der Waals surface area (Å²) in [6.07, 6.45) is 0.873. The summed E-state index contributed by atoms with van der Waals surface area (Å²) >= 11 is 1.52. The molecule has 0 bridgehead atoms. The zero-order valence-corrected chi connectivity index (χ0v) is 8.94. The Labute approximate surface area is 78.4 Å². The van der Waals surface area contributed by atoms with Crippen LogP contribution >= 0.6 is 11.3 Å². The summed E-state index contributed by atoms with van der Waals surface area (Å²) in [5.74, 6) is 0. The lowest BCUT2D eigenvalue weighted by molar-refractivity contribution is 0.112. The fourth-order valence-corrected chi connectivity index (χ4v) is 1.21. The second-order valence-electron chi connectivity index (χ2n) is 1.57. The monoisotopic (exact) mass is 187 g/mol. The van der Waals surface area contributed by atoms with Gasteiger partial charge in [0.05, 0.1) is 4.88 Å². The van der Waals surface area contributed by atoms with E-state index >= 15 is 0 Å². The van der Waals surface area contributed by atoms with Crippen LogP contribution in [-0.2, 0) is 0 Å². The van der Waals surface area contributed by atoms with Crippen LogP contribution in [0, 0.1) is 6.92 Å². The standard InChI is InChI=1S/C6H6OS.C2H6.CH5N/c1-5-2-3-6(4-7)8-5;2*1-2/h2-4H,1H3;1-2H3;2H2,1H3. The van der Waals surface area contributed by atoms with Crippen molar-refractivity contribution in [3.8, 4) is 0 Å². The Morgan fingerprint density at radius 3 is 2.00 bits per heavy atom. The minimum absolute atomic E-state index is 0.808. The molecule has 0 aromatic carbocycles. The van der Waals surface area contributed by atoms with Crippen LogP contribution in [0.3, 0.4) is 0 Å². The predicted octanol–water partition coefficient (Wildman–Crippen LogP) is 2.47. The van der Waals surface area contributed by atoms with Gasteiger partial charge in [0.15, 0.2) is 6.29 Å². The Bertz CT molecular complexity index is 196. The SMILES string of the molecule is CC.CN.Cc1ccc(C=O)s1. The molecule has 0 aliphatic heterocycles. The lowest BCUT2D eigenvalue weighted by Crippen LogP contribution is -1.69. The van der Waals surface area contributed by atoms with E-state index in [0.29, 0.717) is 0 Å². The number of nitrogens with two attached hydrogens (primary N) is 1. The quantitative estimate of drug-likeness (QED) is 0.686. The second-order valence-corrected chi connectivity index (χ2v) is 2.89. The van der Waals surface area contributed by atoms with Gasteiger partial charge in [-0.3, -0.25) is 4.79 Å². The number of carbonyl (C=O) groups excluding carboxylic acids is 1. The van der Waals surface area contributed by atoms with Crippen LogP contribution in [0.15, 0.2) is 12.1 Å². The van der Waals surface area contributed by atoms with Gasteiger partial charge < -0.3 is 5.73 Å². The lowest BCUT2D eigenvalue weighted by Gasteiger charge is -1.71. The van der Waals surface area contributed by atoms with Gasteiger partial charge in [-0.15, -0.1) is 11.3 Å². The first kappa shape index (κ1) is 13.9. The van der Waals surface area contributed by atoms with Crippen molar-refractivity contribution in [3.05, 3.63) is 21.9 Å². The first-order valence-electron chi connectivity index (χ1n) is 3.92. The third kappa shape index (κ3) is 6.07. The average molecular weight is 187 g/mol. The number of hydrogen-bond acceptors (Lipinski definition) is 3. The van der Waals surface area contributed by atoms with Crippen LogP contribution in [0.25, 0.3) is 0 Å². The van der Waals surface area contributed by atoms with E-state index in [1.165, 1.54) is 23.3 Å². The van der Waals surface area contributed by atoms with Gasteiger partial charge in [-0.05, 0) is 26.1 Å². The van der Waals surface area contributed by atoms with E-state index in [0.717, 1.165) is 11.2 Å². The van der Waals surface area contributed by atoms with Crippen molar-refractivity contribution in [3.63, 3.8) is 0 Å². The Kier molecular flexibility index (Phi) is 12.0. The van der Waals surface area contributed by atoms with Gasteiger partial charge >= 0.3 is 0 Å². The van der Waals surface area contributed by atoms with Gasteiger partial charge in [0.2, 0.25) is 0 Å². The molecular formula is C9H17NOS. The van der Waals surface area contributed by atoms with Crippen LogP contribution in [0.4, 0.5) is 0 Å². The van der Waals surface area contributed by atoms with E-state index in [1.807, 2.05) is 32.9 Å². The average Bonchev–Trinajstić information content (AvgIpc) is 2.58. The summed E-state index contributed by atoms with van der Waals surface area (Å²) in [6, 6.07) is 3.77. The smallest absolute Gasteiger partial charge is 0.160 e. The molecule has 2 nitrogen and oxygen atoms in total. The first-order chi connectivity index (χ1) is 5.83. The molecule has 3 heteroatoms. The fraction of sp³-hybridized carbons (Fsp3) is 0.444. The van der Waals surface area contributed by atoms with Gasteiger partial charge in [-0.25, -0.2) is 0 Å². The molecule has 1 aromatic rings. The summed E-state index contributed by atoms with van der Waals surface area (Å²) in [5.41, 5.74) is 4.50. The van der Waals surface area contributed by atoms with Crippen LogP contribution in [-0.4, -0.2) is 13.3 Å². The molecule has 0 aliphatic rings. The van der Waals surface area contributed by atoms with E-state index in [9.17, 15) is 4.79 Å². The molecule has 0 unspecified atom stereocenters. The highest BCUT2D eigenvalue weighted by Crippen LogP contribution is 2.11. The van der Waals surface area contributed by atoms with Crippen molar-refractivity contribution < 1.29 is 4.79 Å². The summed E-state index contributed by atoms with van der Waals surface area (Å²) in [6.45, 7) is 5.98. The van der Waals surface area contributed by atoms with Gasteiger partial charge in [0.1, 0.15) is 0 Å². The fourth-order valence-electron chi connectivity index (χ4n) is 0.517. The van der Waals surface area contributed by atoms with Crippen molar-refractivity contribution >= 4 is 17.6 Å². The molecule has 2 N–H and O–H groups in total. The van der Waals surface area contributed by atoms with E-state index in [-0.39, 0.29) is 0 Å². The van der Waals surface area contributed by atoms with Crippen LogP contribution < -0.4 is 5.73 Å². The highest BCUT2D eigenvalue weighted by molar-refractivity contribution is 7.13. The van der Waals surface area contributed by atoms with Crippen molar-refractivity contribution in [1.29, 1.82) is 0 Å². The van der Waals surface area contributed by atoms with E-state index in [1.54, 1.807) is 0 Å². The third-order valence-electron chi connectivity index (χ3n) is 0.877. The number of thiophene rings is 1. The van der Waals surface area contributed by atoms with Crippen molar-refractivity contribution in [2.75, 3.05) is 7.05 Å². The number of aldehydes is 1. The van der Waals surface area contributed by atoms with Gasteiger partial charge in [0, 0.05) is 4.88 Å². The number of aryl methyl sites for hydroxylation is 1. The zero-order valence-electron chi connectivity index (χ0n) is 8.13. The summed E-state index contributed by atoms with van der Waals surface area (Å²) in [4.78, 5) is 12.0. The molecule has 0 aliphatic carbocycles. The number of rotatable bonds is 1. The summed E-state index contributed by atoms with van der Waals surface area (Å²) < 4.78 is 0. The number of carbonyl (C=O) groups is 1. The maximum atomic E-state index is 10.0. The Morgan fingerprint density at radius 1 is 1.33 bits per heavy atom. The first-order valence-corrected chi connectivity index (χ1v) is 4.74. The summed E-state index contributed by atoms with van der Waals surface area (Å²) in [7, 11) is 1.50. The van der Waals surface area contributed by atoms with Crippen LogP contribution in [0.1, 0.15) is 28.4 Å². The van der Waals surface area contributed by atoms with Gasteiger partial charge in [0.25, 0.3) is 0 Å². The maximum absolute atomic E-state index is 10.0. The molecule has 12 heavy (non-hydrogen) atoms.